The lowest BCUT2D eigenvalue weighted by molar-refractivity contribution is -0.152. The molecule has 2 fully saturated rings. The summed E-state index contributed by atoms with van der Waals surface area (Å²) < 4.78 is 6.61. The third-order valence-electron chi connectivity index (χ3n) is 7.92. The third kappa shape index (κ3) is 3.79. The number of hydrogen-bond acceptors (Lipinski definition) is 5. The van der Waals surface area contributed by atoms with Gasteiger partial charge in [0.15, 0.2) is 0 Å². The van der Waals surface area contributed by atoms with Crippen LogP contribution in [0.15, 0.2) is 24.3 Å². The molecule has 4 aliphatic rings. The first-order chi connectivity index (χ1) is 16.2. The van der Waals surface area contributed by atoms with E-state index in [0.29, 0.717) is 19.5 Å². The summed E-state index contributed by atoms with van der Waals surface area (Å²) in [5, 5.41) is 10.3. The molecule has 0 radical (unpaired) electrons. The predicted octanol–water partition coefficient (Wildman–Crippen LogP) is 1.59. The molecule has 3 amide bonds. The van der Waals surface area contributed by atoms with Crippen molar-refractivity contribution < 1.29 is 24.2 Å². The van der Waals surface area contributed by atoms with E-state index in [4.69, 9.17) is 4.74 Å². The first kappa shape index (κ1) is 24.9. The number of carbonyl (C=O) groups excluding carboxylic acids is 3. The van der Waals surface area contributed by atoms with Crippen molar-refractivity contribution in [3.63, 3.8) is 0 Å². The van der Waals surface area contributed by atoms with E-state index in [0.717, 1.165) is 12.8 Å². The van der Waals surface area contributed by atoms with E-state index in [1.54, 1.807) is 16.8 Å². The molecule has 4 rings (SSSR count). The first-order valence-electron chi connectivity index (χ1n) is 12.7. The zero-order valence-electron chi connectivity index (χ0n) is 21.0. The highest BCUT2D eigenvalue weighted by atomic mass is 16.5. The normalized spacial score (nSPS) is 34.8. The minimum Gasteiger partial charge on any atom is -0.394 e. The summed E-state index contributed by atoms with van der Waals surface area (Å²) in [6.07, 6.45) is 9.34. The molecule has 0 aromatic heterocycles. The lowest BCUT2D eigenvalue weighted by Crippen LogP contribution is -2.59. The van der Waals surface area contributed by atoms with Crippen LogP contribution < -0.4 is 0 Å². The van der Waals surface area contributed by atoms with Crippen molar-refractivity contribution in [2.24, 2.45) is 17.8 Å². The van der Waals surface area contributed by atoms with Gasteiger partial charge < -0.3 is 24.5 Å². The number of carbonyl (C=O) groups is 3. The number of aliphatic hydroxyl groups excluding tert-OH is 1. The number of hydrogen-bond donors (Lipinski definition) is 1. The Hall–Kier alpha value is -2.19. The molecule has 4 heterocycles. The summed E-state index contributed by atoms with van der Waals surface area (Å²) in [5.74, 6) is -1.85. The Morgan fingerprint density at radius 3 is 2.50 bits per heavy atom. The lowest BCUT2D eigenvalue weighted by atomic mass is 9.77. The number of amides is 3. The van der Waals surface area contributed by atoms with Crippen LogP contribution in [-0.2, 0) is 19.1 Å². The van der Waals surface area contributed by atoms with E-state index in [9.17, 15) is 19.5 Å². The fourth-order valence-corrected chi connectivity index (χ4v) is 6.40. The Kier molecular flexibility index (Phi) is 6.93. The minimum atomic E-state index is -1.23. The Bertz CT molecular complexity index is 886. The van der Waals surface area contributed by atoms with Gasteiger partial charge in [-0.2, -0.15) is 0 Å². The maximum Gasteiger partial charge on any atom is 0.249 e. The van der Waals surface area contributed by atoms with Crippen molar-refractivity contribution in [1.82, 2.24) is 14.7 Å². The van der Waals surface area contributed by atoms with Crippen LogP contribution in [0.25, 0.3) is 0 Å². The summed E-state index contributed by atoms with van der Waals surface area (Å²) in [4.78, 5) is 46.7. The Balaban J connectivity index is 1.85. The van der Waals surface area contributed by atoms with Crippen LogP contribution in [0.5, 0.6) is 0 Å². The SMILES string of the molecule is CCCC(C)N1CC=C[C@]23O[C@H]4C=CCN(C)C(=O)[C@H]4[C@H]2C(=O)N([C@@H](CO)CC(C)C)C3C1=O. The molecule has 0 aromatic rings. The summed E-state index contributed by atoms with van der Waals surface area (Å²) in [6.45, 7) is 8.83. The fraction of sp³-hybridized carbons (Fsp3) is 0.731. The van der Waals surface area contributed by atoms with Crippen molar-refractivity contribution >= 4 is 17.7 Å². The molecule has 1 spiro atoms. The Morgan fingerprint density at radius 2 is 1.85 bits per heavy atom. The number of fused-ring (bicyclic) bond motifs is 2. The summed E-state index contributed by atoms with van der Waals surface area (Å²) in [6, 6.07) is -1.42. The first-order valence-corrected chi connectivity index (χ1v) is 12.7. The van der Waals surface area contributed by atoms with Gasteiger partial charge in [0, 0.05) is 26.2 Å². The van der Waals surface area contributed by atoms with Crippen molar-refractivity contribution in [3.8, 4) is 0 Å². The van der Waals surface area contributed by atoms with Crippen LogP contribution in [0.2, 0.25) is 0 Å². The van der Waals surface area contributed by atoms with Crippen LogP contribution in [0, 0.1) is 17.8 Å². The van der Waals surface area contributed by atoms with E-state index in [1.807, 2.05) is 50.0 Å². The monoisotopic (exact) mass is 473 g/mol. The topological polar surface area (TPSA) is 90.4 Å². The highest BCUT2D eigenvalue weighted by Gasteiger charge is 2.72. The van der Waals surface area contributed by atoms with Gasteiger partial charge in [0.2, 0.25) is 17.7 Å². The van der Waals surface area contributed by atoms with Gasteiger partial charge in [0.25, 0.3) is 0 Å². The van der Waals surface area contributed by atoms with Crippen LogP contribution >= 0.6 is 0 Å². The molecule has 0 aliphatic carbocycles. The van der Waals surface area contributed by atoms with Gasteiger partial charge in [-0.15, -0.1) is 0 Å². The van der Waals surface area contributed by atoms with Gasteiger partial charge in [-0.3, -0.25) is 14.4 Å². The summed E-state index contributed by atoms with van der Waals surface area (Å²) in [5.41, 5.74) is -1.23. The summed E-state index contributed by atoms with van der Waals surface area (Å²) >= 11 is 0. The standard InChI is InChI=1S/C26H39N3O5/c1-6-9-17(4)28-13-8-11-26-21(20-19(34-26)10-7-12-27(5)23(20)31)24(32)29(22(26)25(28)33)18(15-30)14-16(2)3/h7-8,10-11,16-22,30H,6,9,12-15H2,1-5H3/t17?,18-,19+,20-,21+,22?,26+/m1/s1. The molecule has 188 valence electrons. The number of nitrogens with zero attached hydrogens (tertiary/aromatic N) is 3. The van der Waals surface area contributed by atoms with Gasteiger partial charge in [-0.1, -0.05) is 51.5 Å². The maximum atomic E-state index is 14.2. The number of likely N-dealkylation sites (tertiary alicyclic amines) is 1. The molecule has 8 heteroatoms. The third-order valence-corrected chi connectivity index (χ3v) is 7.92. The highest BCUT2D eigenvalue weighted by molar-refractivity contribution is 6.00. The molecule has 4 aliphatic heterocycles. The molecule has 34 heavy (non-hydrogen) atoms. The molecule has 0 aromatic carbocycles. The summed E-state index contributed by atoms with van der Waals surface area (Å²) in [7, 11) is 1.73. The quantitative estimate of drug-likeness (QED) is 0.567. The smallest absolute Gasteiger partial charge is 0.249 e. The van der Waals surface area contributed by atoms with Gasteiger partial charge >= 0.3 is 0 Å². The van der Waals surface area contributed by atoms with Gasteiger partial charge in [0.05, 0.1) is 30.6 Å². The second-order valence-corrected chi connectivity index (χ2v) is 10.7. The van der Waals surface area contributed by atoms with E-state index in [1.165, 1.54) is 0 Å². The molecule has 0 bridgehead atoms. The Labute approximate surface area is 202 Å². The zero-order chi connectivity index (χ0) is 24.8. The largest absolute Gasteiger partial charge is 0.394 e. The van der Waals surface area contributed by atoms with Crippen LogP contribution in [0.3, 0.4) is 0 Å². The van der Waals surface area contributed by atoms with Crippen molar-refractivity contribution in [2.75, 3.05) is 26.7 Å². The van der Waals surface area contributed by atoms with Crippen LogP contribution in [0.1, 0.15) is 47.0 Å². The Morgan fingerprint density at radius 1 is 1.12 bits per heavy atom. The molecule has 7 atom stereocenters. The number of ether oxygens (including phenoxy) is 1. The van der Waals surface area contributed by atoms with E-state index in [2.05, 4.69) is 6.92 Å². The van der Waals surface area contributed by atoms with Crippen molar-refractivity contribution in [2.45, 2.75) is 76.8 Å². The van der Waals surface area contributed by atoms with Crippen LogP contribution in [0.4, 0.5) is 0 Å². The molecule has 0 saturated carbocycles. The number of aliphatic hydroxyl groups is 1. The molecular formula is C26H39N3O5. The van der Waals surface area contributed by atoms with E-state index in [-0.39, 0.29) is 36.3 Å². The van der Waals surface area contributed by atoms with Gasteiger partial charge in [0.1, 0.15) is 11.6 Å². The number of rotatable bonds is 7. The molecular weight excluding hydrogens is 434 g/mol. The molecule has 2 unspecified atom stereocenters. The second-order valence-electron chi connectivity index (χ2n) is 10.7. The zero-order valence-corrected chi connectivity index (χ0v) is 21.0. The van der Waals surface area contributed by atoms with Crippen LogP contribution in [-0.4, -0.2) is 94.1 Å². The lowest BCUT2D eigenvalue weighted by Gasteiger charge is -2.40. The number of likely N-dealkylation sites (N-methyl/N-ethyl adjacent to an activating group) is 1. The fourth-order valence-electron chi connectivity index (χ4n) is 6.40. The van der Waals surface area contributed by atoms with Crippen molar-refractivity contribution in [1.29, 1.82) is 0 Å². The second kappa shape index (κ2) is 9.46. The molecule has 2 saturated heterocycles. The van der Waals surface area contributed by atoms with E-state index >= 15 is 0 Å². The molecule has 1 N–H and O–H groups in total. The predicted molar refractivity (Wildman–Crippen MR) is 128 cm³/mol. The van der Waals surface area contributed by atoms with Gasteiger partial charge in [-0.25, -0.2) is 0 Å². The van der Waals surface area contributed by atoms with Gasteiger partial charge in [-0.05, 0) is 25.7 Å². The van der Waals surface area contributed by atoms with Crippen molar-refractivity contribution in [3.05, 3.63) is 24.3 Å². The average molecular weight is 474 g/mol. The highest BCUT2D eigenvalue weighted by Crippen LogP contribution is 2.54. The molecule has 8 nitrogen and oxygen atoms in total. The average Bonchev–Trinajstić information content (AvgIpc) is 3.11. The minimum absolute atomic E-state index is 0.00511. The van der Waals surface area contributed by atoms with E-state index < -0.39 is 35.6 Å². The maximum absolute atomic E-state index is 14.2.